The van der Waals surface area contributed by atoms with Crippen molar-refractivity contribution in [2.75, 3.05) is 13.2 Å². The normalized spacial score (nSPS) is 24.4. The largest absolute Gasteiger partial charge is 0.435 e. The number of hydrogen-bond donors (Lipinski definition) is 0. The number of hydrogen-bond acceptors (Lipinski definition) is 4. The van der Waals surface area contributed by atoms with Gasteiger partial charge in [0.1, 0.15) is 11.5 Å². The van der Waals surface area contributed by atoms with Crippen LogP contribution in [0.2, 0.25) is 0 Å². The number of morpholine rings is 1. The lowest BCUT2D eigenvalue weighted by Gasteiger charge is -2.48. The van der Waals surface area contributed by atoms with Gasteiger partial charge in [-0.05, 0) is 24.5 Å². The van der Waals surface area contributed by atoms with E-state index in [4.69, 9.17) is 4.74 Å². The van der Waals surface area contributed by atoms with Crippen LogP contribution in [0.5, 0.6) is 5.75 Å². The van der Waals surface area contributed by atoms with Crippen molar-refractivity contribution in [1.29, 1.82) is 0 Å². The van der Waals surface area contributed by atoms with E-state index < -0.39 is 6.61 Å². The Morgan fingerprint density at radius 3 is 2.38 bits per heavy atom. The minimum absolute atomic E-state index is 0.0828. The minimum atomic E-state index is -2.90. The summed E-state index contributed by atoms with van der Waals surface area (Å²) in [5.74, 6) is 0.0907. The third-order valence-electron chi connectivity index (χ3n) is 5.89. The fraction of sp³-hybridized carbons (Fsp3) is 0.435. The number of rotatable bonds is 7. The highest BCUT2D eigenvalue weighted by atomic mass is 19.3. The number of nitrogens with zero attached hydrogens (tertiary/aromatic N) is 1. The number of ether oxygens (including phenoxy) is 2. The molecule has 0 N–H and O–H groups in total. The summed E-state index contributed by atoms with van der Waals surface area (Å²) in [6.07, 6.45) is 1.59. The molecule has 0 amide bonds. The molecule has 0 radical (unpaired) electrons. The van der Waals surface area contributed by atoms with E-state index in [1.807, 2.05) is 18.2 Å². The summed E-state index contributed by atoms with van der Waals surface area (Å²) in [7, 11) is 0. The van der Waals surface area contributed by atoms with Gasteiger partial charge in [-0.15, -0.1) is 0 Å². The first kappa shape index (κ1) is 20.0. The molecule has 0 aliphatic carbocycles. The molecule has 2 aliphatic heterocycles. The summed E-state index contributed by atoms with van der Waals surface area (Å²) < 4.78 is 35.6. The molecule has 29 heavy (non-hydrogen) atoms. The van der Waals surface area contributed by atoms with Crippen molar-refractivity contribution in [2.45, 2.75) is 44.5 Å². The van der Waals surface area contributed by atoms with Crippen LogP contribution in [0.15, 0.2) is 54.6 Å². The van der Waals surface area contributed by atoms with Gasteiger partial charge in [0, 0.05) is 36.5 Å². The summed E-state index contributed by atoms with van der Waals surface area (Å²) in [4.78, 5) is 15.5. The number of alkyl halides is 2. The number of ketones is 1. The molecule has 6 heteroatoms. The monoisotopic (exact) mass is 401 g/mol. The fourth-order valence-corrected chi connectivity index (χ4v) is 4.50. The first-order valence-corrected chi connectivity index (χ1v) is 10.0. The van der Waals surface area contributed by atoms with Gasteiger partial charge in [0.25, 0.3) is 0 Å². The Bertz CT molecular complexity index is 816. The fourth-order valence-electron chi connectivity index (χ4n) is 4.50. The van der Waals surface area contributed by atoms with Crippen molar-refractivity contribution in [3.05, 3.63) is 65.7 Å². The van der Waals surface area contributed by atoms with E-state index in [1.165, 1.54) is 11.6 Å². The third-order valence-corrected chi connectivity index (χ3v) is 5.89. The first-order chi connectivity index (χ1) is 14.1. The van der Waals surface area contributed by atoms with Gasteiger partial charge in [-0.3, -0.25) is 9.69 Å². The highest BCUT2D eigenvalue weighted by molar-refractivity contribution is 5.84. The molecule has 2 bridgehead atoms. The predicted octanol–water partition coefficient (Wildman–Crippen LogP) is 4.08. The molecular formula is C23H25F2NO3. The van der Waals surface area contributed by atoms with E-state index in [0.29, 0.717) is 18.8 Å². The Kier molecular flexibility index (Phi) is 6.21. The lowest BCUT2D eigenvalue weighted by molar-refractivity contribution is -0.133. The maximum Gasteiger partial charge on any atom is 0.387 e. The number of carbonyl (C=O) groups excluding carboxylic acids is 1. The van der Waals surface area contributed by atoms with Crippen molar-refractivity contribution in [2.24, 2.45) is 5.92 Å². The molecule has 2 aliphatic rings. The van der Waals surface area contributed by atoms with E-state index in [0.717, 1.165) is 19.4 Å². The second-order valence-corrected chi connectivity index (χ2v) is 7.80. The number of Topliss-reactive ketones (excluding diaryl/α,β-unsaturated/α-hetero) is 1. The zero-order valence-corrected chi connectivity index (χ0v) is 16.2. The van der Waals surface area contributed by atoms with Gasteiger partial charge < -0.3 is 9.47 Å². The average molecular weight is 401 g/mol. The van der Waals surface area contributed by atoms with E-state index in [9.17, 15) is 13.6 Å². The van der Waals surface area contributed by atoms with Crippen LogP contribution in [-0.4, -0.2) is 42.6 Å². The maximum absolute atomic E-state index is 13.0. The number of fused-ring (bicyclic) bond motifs is 2. The molecule has 2 fully saturated rings. The van der Waals surface area contributed by atoms with Gasteiger partial charge in [-0.2, -0.15) is 8.78 Å². The molecule has 0 aromatic heterocycles. The molecule has 2 heterocycles. The Balaban J connectivity index is 1.43. The highest BCUT2D eigenvalue weighted by Gasteiger charge is 2.41. The molecule has 0 saturated carbocycles. The van der Waals surface area contributed by atoms with Crippen LogP contribution in [0.3, 0.4) is 0 Å². The van der Waals surface area contributed by atoms with Gasteiger partial charge in [0.05, 0.1) is 13.2 Å². The van der Waals surface area contributed by atoms with E-state index in [-0.39, 0.29) is 36.0 Å². The van der Waals surface area contributed by atoms with Crippen LogP contribution in [0.4, 0.5) is 8.78 Å². The van der Waals surface area contributed by atoms with Crippen LogP contribution in [0.25, 0.3) is 0 Å². The van der Waals surface area contributed by atoms with Crippen molar-refractivity contribution < 1.29 is 23.0 Å². The molecule has 154 valence electrons. The van der Waals surface area contributed by atoms with Crippen molar-refractivity contribution >= 4 is 5.78 Å². The summed E-state index contributed by atoms with van der Waals surface area (Å²) in [5, 5.41) is 0. The molecule has 4 rings (SSSR count). The van der Waals surface area contributed by atoms with Crippen LogP contribution in [0, 0.1) is 5.92 Å². The molecule has 2 aromatic rings. The zero-order valence-electron chi connectivity index (χ0n) is 16.2. The Morgan fingerprint density at radius 1 is 1.03 bits per heavy atom. The van der Waals surface area contributed by atoms with Crippen molar-refractivity contribution in [1.82, 2.24) is 4.90 Å². The quantitative estimate of drug-likeness (QED) is 0.701. The number of carbonyl (C=O) groups is 1. The minimum Gasteiger partial charge on any atom is -0.435 e. The van der Waals surface area contributed by atoms with E-state index in [2.05, 4.69) is 21.8 Å². The van der Waals surface area contributed by atoms with Crippen molar-refractivity contribution in [3.63, 3.8) is 0 Å². The van der Waals surface area contributed by atoms with E-state index in [1.54, 1.807) is 18.2 Å². The molecular weight excluding hydrogens is 376 g/mol. The lowest BCUT2D eigenvalue weighted by atomic mass is 9.80. The lowest BCUT2D eigenvalue weighted by Crippen LogP contribution is -2.57. The Hall–Kier alpha value is -2.31. The average Bonchev–Trinajstić information content (AvgIpc) is 2.69. The number of piperidine rings is 1. The second-order valence-electron chi connectivity index (χ2n) is 7.80. The molecule has 0 spiro atoms. The number of para-hydroxylation sites is 1. The summed E-state index contributed by atoms with van der Waals surface area (Å²) in [6, 6.07) is 17.3. The predicted molar refractivity (Wildman–Crippen MR) is 105 cm³/mol. The van der Waals surface area contributed by atoms with Gasteiger partial charge >= 0.3 is 6.61 Å². The summed E-state index contributed by atoms with van der Waals surface area (Å²) in [6.45, 7) is -0.800. The van der Waals surface area contributed by atoms with Gasteiger partial charge in [-0.1, -0.05) is 48.5 Å². The summed E-state index contributed by atoms with van der Waals surface area (Å²) in [5.41, 5.74) is 1.78. The smallest absolute Gasteiger partial charge is 0.387 e. The van der Waals surface area contributed by atoms with Crippen molar-refractivity contribution in [3.8, 4) is 5.75 Å². The second kappa shape index (κ2) is 9.01. The zero-order chi connectivity index (χ0) is 20.2. The number of benzene rings is 2. The third kappa shape index (κ3) is 4.82. The molecule has 2 aromatic carbocycles. The summed E-state index contributed by atoms with van der Waals surface area (Å²) >= 11 is 0. The van der Waals surface area contributed by atoms with Gasteiger partial charge in [-0.25, -0.2) is 0 Å². The van der Waals surface area contributed by atoms with Crippen LogP contribution >= 0.6 is 0 Å². The first-order valence-electron chi connectivity index (χ1n) is 10.0. The van der Waals surface area contributed by atoms with Crippen LogP contribution in [-0.2, 0) is 22.5 Å². The Morgan fingerprint density at radius 2 is 1.69 bits per heavy atom. The highest BCUT2D eigenvalue weighted by Crippen LogP contribution is 2.34. The SMILES string of the molecule is O=C(Cc1ccccc1OC(F)F)C1CC2COCC(C1)N2Cc1ccccc1. The molecule has 2 unspecified atom stereocenters. The molecule has 4 nitrogen and oxygen atoms in total. The standard InChI is InChI=1S/C23H25F2NO3/c24-23(25)29-22-9-5-4-8-17(22)12-21(27)18-10-19-14-28-15-20(11-18)26(19)13-16-6-2-1-3-7-16/h1-9,18-20,23H,10-15H2. The molecule has 2 atom stereocenters. The molecule has 2 saturated heterocycles. The van der Waals surface area contributed by atoms with Gasteiger partial charge in [0.15, 0.2) is 0 Å². The van der Waals surface area contributed by atoms with E-state index >= 15 is 0 Å². The van der Waals surface area contributed by atoms with Gasteiger partial charge in [0.2, 0.25) is 0 Å². The topological polar surface area (TPSA) is 38.8 Å². The number of halogens is 2. The Labute approximate surface area is 169 Å². The maximum atomic E-state index is 13.0. The van der Waals surface area contributed by atoms with Crippen LogP contribution in [0.1, 0.15) is 24.0 Å². The van der Waals surface area contributed by atoms with Crippen LogP contribution < -0.4 is 4.74 Å².